The molecule has 0 fully saturated rings. The van der Waals surface area contributed by atoms with Crippen LogP contribution in [0.2, 0.25) is 0 Å². The van der Waals surface area contributed by atoms with Crippen molar-refractivity contribution >= 4 is 17.7 Å². The molecule has 0 unspecified atom stereocenters. The zero-order valence-corrected chi connectivity index (χ0v) is 11.4. The number of aryl methyl sites for hydroxylation is 1. The highest BCUT2D eigenvalue weighted by atomic mass is 16.4. The number of carboxylic acids is 1. The van der Waals surface area contributed by atoms with Crippen LogP contribution in [0.3, 0.4) is 0 Å². The van der Waals surface area contributed by atoms with E-state index in [1.54, 1.807) is 30.2 Å². The number of amides is 2. The van der Waals surface area contributed by atoms with Crippen LogP contribution in [-0.4, -0.2) is 38.4 Å². The van der Waals surface area contributed by atoms with Crippen LogP contribution in [0.25, 0.3) is 0 Å². The lowest BCUT2D eigenvalue weighted by atomic mass is 10.2. The number of aromatic carboxylic acids is 1. The molecule has 1 aromatic carbocycles. The van der Waals surface area contributed by atoms with Crippen molar-refractivity contribution in [2.24, 2.45) is 7.05 Å². The van der Waals surface area contributed by atoms with Crippen molar-refractivity contribution in [3.05, 3.63) is 42.0 Å². The molecule has 0 radical (unpaired) electrons. The van der Waals surface area contributed by atoms with Crippen molar-refractivity contribution in [2.45, 2.75) is 6.42 Å². The minimum atomic E-state index is -1.04. The highest BCUT2D eigenvalue weighted by molar-refractivity contribution is 5.93. The number of hydrogen-bond donors (Lipinski definition) is 3. The molecule has 0 atom stereocenters. The van der Waals surface area contributed by atoms with E-state index in [4.69, 9.17) is 5.11 Å². The maximum Gasteiger partial charge on any atom is 0.335 e. The number of carboxylic acid groups (broad SMARTS) is 1. The third kappa shape index (κ3) is 4.30. The second-order valence-corrected chi connectivity index (χ2v) is 4.35. The zero-order valence-electron chi connectivity index (χ0n) is 11.4. The fourth-order valence-corrected chi connectivity index (χ4v) is 1.69. The number of nitrogens with zero attached hydrogens (tertiary/aromatic N) is 3. The molecule has 0 saturated carbocycles. The van der Waals surface area contributed by atoms with Crippen LogP contribution in [-0.2, 0) is 13.5 Å². The molecule has 3 N–H and O–H groups in total. The molecule has 2 amide bonds. The Bertz CT molecular complexity index is 653. The van der Waals surface area contributed by atoms with Crippen molar-refractivity contribution in [1.82, 2.24) is 20.1 Å². The van der Waals surface area contributed by atoms with Gasteiger partial charge >= 0.3 is 12.0 Å². The molecule has 21 heavy (non-hydrogen) atoms. The Kier molecular flexibility index (Phi) is 4.50. The number of nitrogens with one attached hydrogen (secondary N) is 2. The van der Waals surface area contributed by atoms with Crippen LogP contribution in [0.5, 0.6) is 0 Å². The average molecular weight is 289 g/mol. The fourth-order valence-electron chi connectivity index (χ4n) is 1.69. The molecule has 0 aliphatic heterocycles. The van der Waals surface area contributed by atoms with Gasteiger partial charge in [-0.25, -0.2) is 14.6 Å². The SMILES string of the molecule is Cn1cnc(CCNC(=O)Nc2cccc(C(=O)O)c2)n1. The van der Waals surface area contributed by atoms with E-state index in [-0.39, 0.29) is 5.56 Å². The Hall–Kier alpha value is -2.90. The molecule has 0 aliphatic rings. The van der Waals surface area contributed by atoms with Crippen LogP contribution in [0.15, 0.2) is 30.6 Å². The van der Waals surface area contributed by atoms with Crippen LogP contribution < -0.4 is 10.6 Å². The lowest BCUT2D eigenvalue weighted by molar-refractivity contribution is 0.0697. The van der Waals surface area contributed by atoms with Gasteiger partial charge < -0.3 is 15.7 Å². The molecule has 0 spiro atoms. The smallest absolute Gasteiger partial charge is 0.335 e. The number of rotatable bonds is 5. The zero-order chi connectivity index (χ0) is 15.2. The Labute approximate surface area is 120 Å². The van der Waals surface area contributed by atoms with Crippen LogP contribution in [0.4, 0.5) is 10.5 Å². The summed E-state index contributed by atoms with van der Waals surface area (Å²) in [7, 11) is 1.77. The molecule has 2 rings (SSSR count). The maximum atomic E-state index is 11.7. The average Bonchev–Trinajstić information content (AvgIpc) is 2.84. The quantitative estimate of drug-likeness (QED) is 0.757. The fraction of sp³-hybridized carbons (Fsp3) is 0.231. The van der Waals surface area contributed by atoms with Gasteiger partial charge in [0.05, 0.1) is 5.56 Å². The molecule has 0 aliphatic carbocycles. The third-order valence-corrected chi connectivity index (χ3v) is 2.65. The number of benzene rings is 1. The number of urea groups is 1. The largest absolute Gasteiger partial charge is 0.478 e. The van der Waals surface area contributed by atoms with Gasteiger partial charge in [0.25, 0.3) is 0 Å². The molecular weight excluding hydrogens is 274 g/mol. The van der Waals surface area contributed by atoms with Crippen LogP contribution in [0, 0.1) is 0 Å². The standard InChI is InChI=1S/C13H15N5O3/c1-18-8-15-11(17-18)5-6-14-13(21)16-10-4-2-3-9(7-10)12(19)20/h2-4,7-8H,5-6H2,1H3,(H,19,20)(H2,14,16,21). The first-order valence-corrected chi connectivity index (χ1v) is 6.27. The van der Waals surface area contributed by atoms with Crippen LogP contribution in [0.1, 0.15) is 16.2 Å². The van der Waals surface area contributed by atoms with Crippen molar-refractivity contribution in [1.29, 1.82) is 0 Å². The summed E-state index contributed by atoms with van der Waals surface area (Å²) in [4.78, 5) is 26.5. The van der Waals surface area contributed by atoms with Gasteiger partial charge in [0.15, 0.2) is 5.82 Å². The summed E-state index contributed by atoms with van der Waals surface area (Å²) in [6.07, 6.45) is 2.11. The summed E-state index contributed by atoms with van der Waals surface area (Å²) in [5.74, 6) is -0.397. The number of anilines is 1. The number of hydrogen-bond acceptors (Lipinski definition) is 4. The molecule has 0 saturated heterocycles. The Morgan fingerprint density at radius 3 is 2.86 bits per heavy atom. The van der Waals surface area contributed by atoms with Gasteiger partial charge in [0.1, 0.15) is 6.33 Å². The number of carbonyl (C=O) groups excluding carboxylic acids is 1. The first-order chi connectivity index (χ1) is 10.0. The Morgan fingerprint density at radius 1 is 1.38 bits per heavy atom. The normalized spacial score (nSPS) is 10.1. The van der Waals surface area contributed by atoms with Gasteiger partial charge in [0.2, 0.25) is 0 Å². The van der Waals surface area contributed by atoms with Gasteiger partial charge in [-0.2, -0.15) is 5.10 Å². The van der Waals surface area contributed by atoms with Gasteiger partial charge in [-0.3, -0.25) is 4.68 Å². The number of aromatic nitrogens is 3. The predicted octanol–water partition coefficient (Wildman–Crippen LogP) is 0.877. The second kappa shape index (κ2) is 6.51. The summed E-state index contributed by atoms with van der Waals surface area (Å²) in [5, 5.41) is 18.2. The van der Waals surface area contributed by atoms with Crippen LogP contribution >= 0.6 is 0 Å². The van der Waals surface area contributed by atoms with E-state index in [2.05, 4.69) is 20.7 Å². The summed E-state index contributed by atoms with van der Waals surface area (Å²) >= 11 is 0. The molecule has 2 aromatic rings. The Balaban J connectivity index is 1.81. The van der Waals surface area contributed by atoms with E-state index in [9.17, 15) is 9.59 Å². The summed E-state index contributed by atoms with van der Waals surface area (Å²) in [6, 6.07) is 5.62. The van der Waals surface area contributed by atoms with E-state index in [1.807, 2.05) is 0 Å². The molecule has 1 aromatic heterocycles. The molecule has 0 bridgehead atoms. The first kappa shape index (κ1) is 14.5. The van der Waals surface area contributed by atoms with E-state index in [0.717, 1.165) is 0 Å². The highest BCUT2D eigenvalue weighted by Gasteiger charge is 2.06. The highest BCUT2D eigenvalue weighted by Crippen LogP contribution is 2.10. The minimum Gasteiger partial charge on any atom is -0.478 e. The molecular formula is C13H15N5O3. The van der Waals surface area contributed by atoms with E-state index in [0.29, 0.717) is 24.5 Å². The van der Waals surface area contributed by atoms with Crippen molar-refractivity contribution in [2.75, 3.05) is 11.9 Å². The van der Waals surface area contributed by atoms with E-state index >= 15 is 0 Å². The maximum absolute atomic E-state index is 11.7. The monoisotopic (exact) mass is 289 g/mol. The molecule has 8 nitrogen and oxygen atoms in total. The van der Waals surface area contributed by atoms with Gasteiger partial charge in [-0.15, -0.1) is 0 Å². The summed E-state index contributed by atoms with van der Waals surface area (Å²) in [5.41, 5.74) is 0.536. The van der Waals surface area contributed by atoms with E-state index < -0.39 is 12.0 Å². The lowest BCUT2D eigenvalue weighted by Crippen LogP contribution is -2.30. The third-order valence-electron chi connectivity index (χ3n) is 2.65. The summed E-state index contributed by atoms with van der Waals surface area (Å²) in [6.45, 7) is 0.383. The van der Waals surface area contributed by atoms with Gasteiger partial charge in [-0.1, -0.05) is 6.07 Å². The molecule has 110 valence electrons. The Morgan fingerprint density at radius 2 is 2.19 bits per heavy atom. The van der Waals surface area contributed by atoms with E-state index in [1.165, 1.54) is 12.1 Å². The lowest BCUT2D eigenvalue weighted by Gasteiger charge is -2.07. The predicted molar refractivity (Wildman–Crippen MR) is 75.1 cm³/mol. The van der Waals surface area contributed by atoms with Crippen molar-refractivity contribution in [3.8, 4) is 0 Å². The van der Waals surface area contributed by atoms with Gasteiger partial charge in [-0.05, 0) is 18.2 Å². The topological polar surface area (TPSA) is 109 Å². The second-order valence-electron chi connectivity index (χ2n) is 4.35. The first-order valence-electron chi connectivity index (χ1n) is 6.27. The van der Waals surface area contributed by atoms with Crippen molar-refractivity contribution in [3.63, 3.8) is 0 Å². The van der Waals surface area contributed by atoms with Gasteiger partial charge in [0, 0.05) is 25.7 Å². The summed E-state index contributed by atoms with van der Waals surface area (Å²) < 4.78 is 1.59. The molecule has 8 heteroatoms. The molecule has 1 heterocycles. The van der Waals surface area contributed by atoms with Crippen molar-refractivity contribution < 1.29 is 14.7 Å². The number of carbonyl (C=O) groups is 2. The minimum absolute atomic E-state index is 0.116.